The van der Waals surface area contributed by atoms with Crippen molar-refractivity contribution in [1.82, 2.24) is 10.2 Å². The summed E-state index contributed by atoms with van der Waals surface area (Å²) in [5.41, 5.74) is 2.11. The highest BCUT2D eigenvalue weighted by Gasteiger charge is 2.27. The van der Waals surface area contributed by atoms with E-state index in [0.717, 1.165) is 37.1 Å². The van der Waals surface area contributed by atoms with Crippen LogP contribution in [0.3, 0.4) is 0 Å². The first kappa shape index (κ1) is 19.1. The van der Waals surface area contributed by atoms with Gasteiger partial charge in [0.05, 0.1) is 25.6 Å². The predicted octanol–water partition coefficient (Wildman–Crippen LogP) is 2.78. The van der Waals surface area contributed by atoms with Crippen LogP contribution in [-0.4, -0.2) is 43.5 Å². The molecule has 27 heavy (non-hydrogen) atoms. The first-order chi connectivity index (χ1) is 13.2. The van der Waals surface area contributed by atoms with Crippen LogP contribution in [-0.2, 0) is 14.3 Å². The topological polar surface area (TPSA) is 58.6 Å². The molecule has 1 amide bonds. The van der Waals surface area contributed by atoms with Crippen molar-refractivity contribution in [2.24, 2.45) is 5.92 Å². The van der Waals surface area contributed by atoms with Crippen molar-refractivity contribution in [1.29, 1.82) is 0 Å². The van der Waals surface area contributed by atoms with Gasteiger partial charge in [-0.05, 0) is 37.1 Å². The average Bonchev–Trinajstić information content (AvgIpc) is 2.73. The van der Waals surface area contributed by atoms with Gasteiger partial charge in [-0.3, -0.25) is 14.5 Å². The summed E-state index contributed by atoms with van der Waals surface area (Å²) < 4.78 is 4.82. The van der Waals surface area contributed by atoms with E-state index in [-0.39, 0.29) is 23.8 Å². The third-order valence-electron chi connectivity index (χ3n) is 5.06. The molecule has 1 N–H and O–H groups in total. The molecule has 0 aliphatic carbocycles. The summed E-state index contributed by atoms with van der Waals surface area (Å²) in [7, 11) is 1.43. The molecule has 1 aliphatic rings. The highest BCUT2D eigenvalue weighted by Crippen LogP contribution is 2.22. The molecule has 0 unspecified atom stereocenters. The lowest BCUT2D eigenvalue weighted by Crippen LogP contribution is -2.43. The van der Waals surface area contributed by atoms with E-state index in [1.807, 2.05) is 60.7 Å². The highest BCUT2D eigenvalue weighted by molar-refractivity contribution is 5.79. The van der Waals surface area contributed by atoms with Crippen LogP contribution in [0, 0.1) is 5.92 Å². The van der Waals surface area contributed by atoms with E-state index >= 15 is 0 Å². The van der Waals surface area contributed by atoms with E-state index in [9.17, 15) is 9.59 Å². The summed E-state index contributed by atoms with van der Waals surface area (Å²) in [4.78, 5) is 26.4. The lowest BCUT2D eigenvalue weighted by Gasteiger charge is -2.30. The maximum Gasteiger partial charge on any atom is 0.308 e. The maximum atomic E-state index is 12.7. The minimum atomic E-state index is -0.174. The van der Waals surface area contributed by atoms with Crippen LogP contribution in [0.15, 0.2) is 60.7 Å². The Morgan fingerprint density at radius 3 is 2.00 bits per heavy atom. The van der Waals surface area contributed by atoms with Gasteiger partial charge in [-0.1, -0.05) is 60.7 Å². The second kappa shape index (κ2) is 9.33. The zero-order valence-electron chi connectivity index (χ0n) is 15.6. The van der Waals surface area contributed by atoms with Gasteiger partial charge in [0.25, 0.3) is 0 Å². The van der Waals surface area contributed by atoms with Crippen LogP contribution >= 0.6 is 0 Å². The van der Waals surface area contributed by atoms with Gasteiger partial charge < -0.3 is 10.1 Å². The van der Waals surface area contributed by atoms with Crippen LogP contribution in [0.5, 0.6) is 0 Å². The third kappa shape index (κ3) is 5.17. The fourth-order valence-corrected chi connectivity index (χ4v) is 3.55. The van der Waals surface area contributed by atoms with Gasteiger partial charge in [-0.15, -0.1) is 0 Å². The Bertz CT molecular complexity index is 701. The van der Waals surface area contributed by atoms with Crippen molar-refractivity contribution in [2.45, 2.75) is 18.9 Å². The Morgan fingerprint density at radius 1 is 1.00 bits per heavy atom. The number of carbonyl (C=O) groups is 2. The van der Waals surface area contributed by atoms with Crippen LogP contribution in [0.2, 0.25) is 0 Å². The molecule has 1 heterocycles. The monoisotopic (exact) mass is 366 g/mol. The normalized spacial score (nSPS) is 15.5. The zero-order chi connectivity index (χ0) is 19.1. The number of amides is 1. The van der Waals surface area contributed by atoms with Crippen molar-refractivity contribution in [3.05, 3.63) is 71.8 Å². The van der Waals surface area contributed by atoms with E-state index in [1.165, 1.54) is 7.11 Å². The number of likely N-dealkylation sites (tertiary alicyclic amines) is 1. The van der Waals surface area contributed by atoms with Crippen molar-refractivity contribution >= 4 is 11.9 Å². The predicted molar refractivity (Wildman–Crippen MR) is 104 cm³/mol. The van der Waals surface area contributed by atoms with Gasteiger partial charge in [-0.25, -0.2) is 0 Å². The quantitative estimate of drug-likeness (QED) is 0.799. The summed E-state index contributed by atoms with van der Waals surface area (Å²) in [5, 5.41) is 3.17. The van der Waals surface area contributed by atoms with Gasteiger partial charge >= 0.3 is 5.97 Å². The molecule has 0 saturated carbocycles. The molecule has 2 aromatic rings. The molecule has 0 spiro atoms. The van der Waals surface area contributed by atoms with Crippen LogP contribution in [0.25, 0.3) is 0 Å². The second-order valence-corrected chi connectivity index (χ2v) is 6.90. The molecule has 0 atom stereocenters. The van der Waals surface area contributed by atoms with Gasteiger partial charge in [0.2, 0.25) is 5.91 Å². The van der Waals surface area contributed by atoms with E-state index in [4.69, 9.17) is 4.74 Å². The number of rotatable bonds is 6. The number of hydrogen-bond acceptors (Lipinski definition) is 4. The van der Waals surface area contributed by atoms with E-state index < -0.39 is 0 Å². The van der Waals surface area contributed by atoms with Gasteiger partial charge in [0, 0.05) is 0 Å². The number of ether oxygens (including phenoxy) is 1. The number of methoxy groups -OCH3 is 1. The van der Waals surface area contributed by atoms with Crippen molar-refractivity contribution in [3.8, 4) is 0 Å². The second-order valence-electron chi connectivity index (χ2n) is 6.90. The molecule has 5 heteroatoms. The van der Waals surface area contributed by atoms with Crippen molar-refractivity contribution in [3.63, 3.8) is 0 Å². The van der Waals surface area contributed by atoms with Gasteiger partial charge in [0.1, 0.15) is 0 Å². The minimum absolute atomic E-state index is 0.00998. The number of esters is 1. The summed E-state index contributed by atoms with van der Waals surface area (Å²) in [6.45, 7) is 1.80. The Kier molecular flexibility index (Phi) is 6.60. The third-order valence-corrected chi connectivity index (χ3v) is 5.06. The maximum absolute atomic E-state index is 12.7. The summed E-state index contributed by atoms with van der Waals surface area (Å²) in [5.74, 6) is -0.202. The van der Waals surface area contributed by atoms with E-state index in [1.54, 1.807) is 0 Å². The molecule has 0 aromatic heterocycles. The number of benzene rings is 2. The lowest BCUT2D eigenvalue weighted by atomic mass is 9.97. The number of nitrogens with zero attached hydrogens (tertiary/aromatic N) is 1. The largest absolute Gasteiger partial charge is 0.469 e. The minimum Gasteiger partial charge on any atom is -0.469 e. The lowest BCUT2D eigenvalue weighted by molar-refractivity contribution is -0.147. The van der Waals surface area contributed by atoms with E-state index in [2.05, 4.69) is 10.2 Å². The van der Waals surface area contributed by atoms with Crippen molar-refractivity contribution in [2.75, 3.05) is 26.7 Å². The Hall–Kier alpha value is -2.66. The first-order valence-corrected chi connectivity index (χ1v) is 9.37. The molecule has 1 aliphatic heterocycles. The van der Waals surface area contributed by atoms with Gasteiger partial charge in [-0.2, -0.15) is 0 Å². The average molecular weight is 366 g/mol. The molecule has 0 radical (unpaired) electrons. The Balaban J connectivity index is 1.61. The SMILES string of the molecule is COC(=O)C1CCN(CC(=O)NC(c2ccccc2)c2ccccc2)CC1. The van der Waals surface area contributed by atoms with Crippen LogP contribution in [0.4, 0.5) is 0 Å². The van der Waals surface area contributed by atoms with Crippen molar-refractivity contribution < 1.29 is 14.3 Å². The molecular formula is C22H26N2O3. The molecule has 3 rings (SSSR count). The summed E-state index contributed by atoms with van der Waals surface area (Å²) in [6.07, 6.45) is 1.47. The number of hydrogen-bond donors (Lipinski definition) is 1. The molecule has 5 nitrogen and oxygen atoms in total. The smallest absolute Gasteiger partial charge is 0.308 e. The van der Waals surface area contributed by atoms with Crippen LogP contribution < -0.4 is 5.32 Å². The Labute approximate surface area is 160 Å². The molecule has 2 aromatic carbocycles. The molecule has 142 valence electrons. The zero-order valence-corrected chi connectivity index (χ0v) is 15.6. The van der Waals surface area contributed by atoms with Gasteiger partial charge in [0.15, 0.2) is 0 Å². The summed E-state index contributed by atoms with van der Waals surface area (Å²) >= 11 is 0. The molecule has 0 bridgehead atoms. The fourth-order valence-electron chi connectivity index (χ4n) is 3.55. The first-order valence-electron chi connectivity index (χ1n) is 9.37. The summed E-state index contributed by atoms with van der Waals surface area (Å²) in [6, 6.07) is 19.8. The highest BCUT2D eigenvalue weighted by atomic mass is 16.5. The molecular weight excluding hydrogens is 340 g/mol. The molecule has 1 saturated heterocycles. The Morgan fingerprint density at radius 2 is 1.52 bits per heavy atom. The molecule has 1 fully saturated rings. The van der Waals surface area contributed by atoms with Crippen LogP contribution in [0.1, 0.15) is 30.0 Å². The standard InChI is InChI=1S/C22H26N2O3/c1-27-22(26)19-12-14-24(15-13-19)16-20(25)23-21(17-8-4-2-5-9-17)18-10-6-3-7-11-18/h2-11,19,21H,12-16H2,1H3,(H,23,25). The van der Waals surface area contributed by atoms with E-state index in [0.29, 0.717) is 6.54 Å². The fraction of sp³-hybridized carbons (Fsp3) is 0.364. The number of nitrogens with one attached hydrogen (secondary N) is 1. The number of piperidine rings is 1. The number of carbonyl (C=O) groups excluding carboxylic acids is 2.